The predicted molar refractivity (Wildman–Crippen MR) is 109 cm³/mol. The second-order valence-corrected chi connectivity index (χ2v) is 6.56. The molecule has 0 bridgehead atoms. The Morgan fingerprint density at radius 3 is 2.53 bits per heavy atom. The van der Waals surface area contributed by atoms with Gasteiger partial charge in [-0.25, -0.2) is 9.59 Å². The normalized spacial score (nSPS) is 15.8. The Bertz CT molecular complexity index is 942. The highest BCUT2D eigenvalue weighted by atomic mass is 16.7. The van der Waals surface area contributed by atoms with Crippen LogP contribution in [-0.2, 0) is 20.9 Å². The number of para-hydroxylation sites is 1. The topological polar surface area (TPSA) is 95.1 Å². The molecule has 158 valence electrons. The average molecular weight is 412 g/mol. The predicted octanol–water partition coefficient (Wildman–Crippen LogP) is 3.05. The van der Waals surface area contributed by atoms with Gasteiger partial charge in [0.15, 0.2) is 18.3 Å². The molecule has 1 unspecified atom stereocenters. The molecule has 30 heavy (non-hydrogen) atoms. The van der Waals surface area contributed by atoms with Crippen molar-refractivity contribution in [3.05, 3.63) is 70.9 Å². The second-order valence-electron chi connectivity index (χ2n) is 6.56. The molecule has 2 aromatic rings. The van der Waals surface area contributed by atoms with Crippen molar-refractivity contribution in [1.29, 1.82) is 0 Å². The first-order valence-corrected chi connectivity index (χ1v) is 9.33. The highest BCUT2D eigenvalue weighted by molar-refractivity contribution is 5.95. The van der Waals surface area contributed by atoms with E-state index >= 15 is 0 Å². The van der Waals surface area contributed by atoms with E-state index in [2.05, 4.69) is 10.6 Å². The highest BCUT2D eigenvalue weighted by Crippen LogP contribution is 2.39. The summed E-state index contributed by atoms with van der Waals surface area (Å²) in [4.78, 5) is 24.8. The molecule has 3 rings (SSSR count). The SMILES string of the molecule is COCOC(=O)C1=C(C)NC(=O)NC1c1cccc(OCc2ccccc2)c1OC. The molecule has 0 saturated carbocycles. The zero-order chi connectivity index (χ0) is 21.5. The van der Waals surface area contributed by atoms with Gasteiger partial charge in [-0.15, -0.1) is 0 Å². The molecule has 0 saturated heterocycles. The van der Waals surface area contributed by atoms with E-state index in [4.69, 9.17) is 18.9 Å². The number of allylic oxidation sites excluding steroid dienone is 1. The third-order valence-electron chi connectivity index (χ3n) is 4.56. The molecular weight excluding hydrogens is 388 g/mol. The third kappa shape index (κ3) is 4.72. The van der Waals surface area contributed by atoms with E-state index in [1.165, 1.54) is 14.2 Å². The summed E-state index contributed by atoms with van der Waals surface area (Å²) in [5.74, 6) is 0.309. The molecular formula is C22H24N2O6. The van der Waals surface area contributed by atoms with Gasteiger partial charge in [-0.3, -0.25) is 0 Å². The molecule has 8 heteroatoms. The molecule has 0 aromatic heterocycles. The number of rotatable bonds is 8. The molecule has 0 radical (unpaired) electrons. The van der Waals surface area contributed by atoms with Crippen molar-refractivity contribution in [2.75, 3.05) is 21.0 Å². The van der Waals surface area contributed by atoms with Crippen molar-refractivity contribution < 1.29 is 28.5 Å². The lowest BCUT2D eigenvalue weighted by molar-refractivity contribution is -0.149. The van der Waals surface area contributed by atoms with Gasteiger partial charge in [0.25, 0.3) is 0 Å². The molecule has 2 N–H and O–H groups in total. The van der Waals surface area contributed by atoms with E-state index < -0.39 is 18.0 Å². The number of ether oxygens (including phenoxy) is 4. The van der Waals surface area contributed by atoms with Crippen molar-refractivity contribution in [2.24, 2.45) is 0 Å². The van der Waals surface area contributed by atoms with Gasteiger partial charge in [0.1, 0.15) is 6.61 Å². The van der Waals surface area contributed by atoms with Crippen LogP contribution < -0.4 is 20.1 Å². The minimum Gasteiger partial charge on any atom is -0.492 e. The molecule has 0 spiro atoms. The minimum absolute atomic E-state index is 0.201. The summed E-state index contributed by atoms with van der Waals surface area (Å²) in [7, 11) is 2.93. The number of nitrogens with one attached hydrogen (secondary N) is 2. The number of carbonyl (C=O) groups excluding carboxylic acids is 2. The van der Waals surface area contributed by atoms with Crippen LogP contribution in [0.1, 0.15) is 24.1 Å². The van der Waals surface area contributed by atoms with Crippen molar-refractivity contribution in [1.82, 2.24) is 10.6 Å². The van der Waals surface area contributed by atoms with Gasteiger partial charge in [-0.05, 0) is 18.6 Å². The summed E-state index contributed by atoms with van der Waals surface area (Å²) in [5.41, 5.74) is 2.22. The monoisotopic (exact) mass is 412 g/mol. The Morgan fingerprint density at radius 2 is 1.83 bits per heavy atom. The lowest BCUT2D eigenvalue weighted by atomic mass is 9.94. The van der Waals surface area contributed by atoms with Crippen LogP contribution in [0.25, 0.3) is 0 Å². The molecule has 0 aliphatic carbocycles. The van der Waals surface area contributed by atoms with Gasteiger partial charge >= 0.3 is 12.0 Å². The number of methoxy groups -OCH3 is 2. The Hall–Kier alpha value is -3.52. The van der Waals surface area contributed by atoms with Gasteiger partial charge in [0.2, 0.25) is 0 Å². The Labute approximate surface area is 174 Å². The number of carbonyl (C=O) groups is 2. The fourth-order valence-electron chi connectivity index (χ4n) is 3.22. The summed E-state index contributed by atoms with van der Waals surface area (Å²) in [6.07, 6.45) is 0. The van der Waals surface area contributed by atoms with Gasteiger partial charge < -0.3 is 29.6 Å². The van der Waals surface area contributed by atoms with Gasteiger partial charge in [-0.2, -0.15) is 0 Å². The highest BCUT2D eigenvalue weighted by Gasteiger charge is 2.34. The Morgan fingerprint density at radius 1 is 1.07 bits per heavy atom. The van der Waals surface area contributed by atoms with Crippen LogP contribution in [0.2, 0.25) is 0 Å². The summed E-state index contributed by atoms with van der Waals surface area (Å²) in [6.45, 7) is 1.78. The Balaban J connectivity index is 1.95. The zero-order valence-electron chi connectivity index (χ0n) is 17.1. The molecule has 2 amide bonds. The van der Waals surface area contributed by atoms with Gasteiger partial charge in [-0.1, -0.05) is 42.5 Å². The van der Waals surface area contributed by atoms with E-state index in [0.717, 1.165) is 5.56 Å². The number of hydrogen-bond donors (Lipinski definition) is 2. The van der Waals surface area contributed by atoms with Crippen LogP contribution in [0.15, 0.2) is 59.8 Å². The number of esters is 1. The first-order chi connectivity index (χ1) is 14.5. The first kappa shape index (κ1) is 21.2. The maximum Gasteiger partial charge on any atom is 0.340 e. The van der Waals surface area contributed by atoms with Crippen LogP contribution in [-0.4, -0.2) is 33.0 Å². The quantitative estimate of drug-likeness (QED) is 0.511. The fraction of sp³-hybridized carbons (Fsp3) is 0.273. The van der Waals surface area contributed by atoms with Crippen molar-refractivity contribution in [2.45, 2.75) is 19.6 Å². The molecule has 2 aromatic carbocycles. The largest absolute Gasteiger partial charge is 0.492 e. The van der Waals surface area contributed by atoms with E-state index in [0.29, 0.717) is 29.4 Å². The number of amides is 2. The zero-order valence-corrected chi connectivity index (χ0v) is 17.1. The van der Waals surface area contributed by atoms with Crippen molar-refractivity contribution in [3.8, 4) is 11.5 Å². The standard InChI is InChI=1S/C22H24N2O6/c1-14-18(21(25)30-13-27-2)19(24-22(26)23-14)16-10-7-11-17(20(16)28-3)29-12-15-8-5-4-6-9-15/h4-11,19H,12-13H2,1-3H3,(H2,23,24,26). The minimum atomic E-state index is -0.779. The van der Waals surface area contributed by atoms with Crippen LogP contribution in [0, 0.1) is 0 Å². The van der Waals surface area contributed by atoms with E-state index in [1.807, 2.05) is 30.3 Å². The van der Waals surface area contributed by atoms with Crippen molar-refractivity contribution >= 4 is 12.0 Å². The molecule has 0 fully saturated rings. The fourth-order valence-corrected chi connectivity index (χ4v) is 3.22. The van der Waals surface area contributed by atoms with Gasteiger partial charge in [0, 0.05) is 18.4 Å². The van der Waals surface area contributed by atoms with Crippen LogP contribution >= 0.6 is 0 Å². The third-order valence-corrected chi connectivity index (χ3v) is 4.56. The second kappa shape index (κ2) is 9.80. The lowest BCUT2D eigenvalue weighted by Gasteiger charge is -2.29. The van der Waals surface area contributed by atoms with Gasteiger partial charge in [0.05, 0.1) is 18.7 Å². The molecule has 1 atom stereocenters. The van der Waals surface area contributed by atoms with E-state index in [-0.39, 0.29) is 12.4 Å². The number of hydrogen-bond acceptors (Lipinski definition) is 6. The smallest absolute Gasteiger partial charge is 0.340 e. The average Bonchev–Trinajstić information content (AvgIpc) is 2.75. The first-order valence-electron chi connectivity index (χ1n) is 9.33. The molecule has 8 nitrogen and oxygen atoms in total. The van der Waals surface area contributed by atoms with Crippen LogP contribution in [0.3, 0.4) is 0 Å². The maximum atomic E-state index is 12.6. The summed E-state index contributed by atoms with van der Waals surface area (Å²) in [5, 5.41) is 5.36. The maximum absolute atomic E-state index is 12.6. The lowest BCUT2D eigenvalue weighted by Crippen LogP contribution is -2.45. The summed E-state index contributed by atoms with van der Waals surface area (Å²) in [6, 6.07) is 13.8. The molecule has 1 aliphatic heterocycles. The molecule has 1 heterocycles. The van der Waals surface area contributed by atoms with Crippen LogP contribution in [0.5, 0.6) is 11.5 Å². The van der Waals surface area contributed by atoms with Crippen LogP contribution in [0.4, 0.5) is 4.79 Å². The number of benzene rings is 2. The molecule has 1 aliphatic rings. The van der Waals surface area contributed by atoms with E-state index in [1.54, 1.807) is 25.1 Å². The van der Waals surface area contributed by atoms with Crippen molar-refractivity contribution in [3.63, 3.8) is 0 Å². The Kier molecular flexibility index (Phi) is 6.92. The summed E-state index contributed by atoms with van der Waals surface area (Å²) >= 11 is 0. The summed E-state index contributed by atoms with van der Waals surface area (Å²) < 4.78 is 21.5. The number of urea groups is 1. The van der Waals surface area contributed by atoms with E-state index in [9.17, 15) is 9.59 Å².